The number of carbonyl (C=O) groups is 2. The van der Waals surface area contributed by atoms with Gasteiger partial charge < -0.3 is 23.8 Å². The highest BCUT2D eigenvalue weighted by Gasteiger charge is 2.37. The lowest BCUT2D eigenvalue weighted by Gasteiger charge is -2.35. The van der Waals surface area contributed by atoms with Crippen molar-refractivity contribution in [2.75, 3.05) is 26.7 Å². The SMILES string of the molecule is CCC1CN(C2CCN(C(=O)CCc3nc(-c4ccc(OC)cc4)no3)CC2)C(=O)O1. The van der Waals surface area contributed by atoms with E-state index in [1.807, 2.05) is 41.0 Å². The Bertz CT molecular complexity index is 905. The number of ether oxygens (including phenoxy) is 2. The molecule has 2 saturated heterocycles. The van der Waals surface area contributed by atoms with Gasteiger partial charge in [-0.05, 0) is 43.5 Å². The van der Waals surface area contributed by atoms with Crippen LogP contribution in [0.5, 0.6) is 5.75 Å². The lowest BCUT2D eigenvalue weighted by atomic mass is 10.0. The van der Waals surface area contributed by atoms with Crippen LogP contribution < -0.4 is 4.74 Å². The lowest BCUT2D eigenvalue weighted by molar-refractivity contribution is -0.132. The van der Waals surface area contributed by atoms with Crippen molar-refractivity contribution < 1.29 is 23.6 Å². The molecule has 1 aromatic heterocycles. The second kappa shape index (κ2) is 9.36. The van der Waals surface area contributed by atoms with Crippen LogP contribution in [0.2, 0.25) is 0 Å². The first-order valence-electron chi connectivity index (χ1n) is 10.8. The number of nitrogens with zero attached hydrogens (tertiary/aromatic N) is 4. The Hall–Kier alpha value is -3.10. The van der Waals surface area contributed by atoms with Gasteiger partial charge >= 0.3 is 6.09 Å². The molecule has 0 N–H and O–H groups in total. The molecule has 2 aromatic rings. The molecule has 166 valence electrons. The largest absolute Gasteiger partial charge is 0.497 e. The number of aryl methyl sites for hydroxylation is 1. The lowest BCUT2D eigenvalue weighted by Crippen LogP contribution is -2.47. The van der Waals surface area contributed by atoms with E-state index in [4.69, 9.17) is 14.0 Å². The van der Waals surface area contributed by atoms with Gasteiger partial charge in [-0.1, -0.05) is 12.1 Å². The highest BCUT2D eigenvalue weighted by molar-refractivity contribution is 5.76. The Kier molecular flexibility index (Phi) is 6.39. The summed E-state index contributed by atoms with van der Waals surface area (Å²) in [6.07, 6.45) is 2.87. The number of aromatic nitrogens is 2. The van der Waals surface area contributed by atoms with E-state index in [1.165, 1.54) is 0 Å². The summed E-state index contributed by atoms with van der Waals surface area (Å²) >= 11 is 0. The topological polar surface area (TPSA) is 98.0 Å². The zero-order valence-corrected chi connectivity index (χ0v) is 18.0. The summed E-state index contributed by atoms with van der Waals surface area (Å²) in [6, 6.07) is 7.55. The Morgan fingerprint density at radius 3 is 2.61 bits per heavy atom. The van der Waals surface area contributed by atoms with E-state index < -0.39 is 0 Å². The average molecular weight is 428 g/mol. The number of cyclic esters (lactones) is 1. The summed E-state index contributed by atoms with van der Waals surface area (Å²) in [5.74, 6) is 1.76. The zero-order valence-electron chi connectivity index (χ0n) is 18.0. The number of likely N-dealkylation sites (tertiary alicyclic amines) is 1. The van der Waals surface area contributed by atoms with E-state index in [-0.39, 0.29) is 24.1 Å². The number of rotatable bonds is 7. The third kappa shape index (κ3) is 4.81. The van der Waals surface area contributed by atoms with Crippen molar-refractivity contribution in [3.8, 4) is 17.1 Å². The van der Waals surface area contributed by atoms with Crippen molar-refractivity contribution in [1.82, 2.24) is 19.9 Å². The third-order valence-electron chi connectivity index (χ3n) is 5.98. The van der Waals surface area contributed by atoms with Crippen LogP contribution in [0.1, 0.15) is 38.5 Å². The summed E-state index contributed by atoms with van der Waals surface area (Å²) in [5.41, 5.74) is 0.829. The van der Waals surface area contributed by atoms with Gasteiger partial charge in [0.1, 0.15) is 11.9 Å². The number of carbonyl (C=O) groups excluding carboxylic acids is 2. The fourth-order valence-corrected chi connectivity index (χ4v) is 4.06. The number of methoxy groups -OCH3 is 1. The number of piperidine rings is 1. The van der Waals surface area contributed by atoms with Gasteiger partial charge in [-0.15, -0.1) is 0 Å². The maximum atomic E-state index is 12.6. The molecule has 31 heavy (non-hydrogen) atoms. The summed E-state index contributed by atoms with van der Waals surface area (Å²) in [4.78, 5) is 32.8. The van der Waals surface area contributed by atoms with Crippen LogP contribution in [0, 0.1) is 0 Å². The van der Waals surface area contributed by atoms with Crippen LogP contribution in [0.15, 0.2) is 28.8 Å². The Morgan fingerprint density at radius 1 is 1.23 bits per heavy atom. The van der Waals surface area contributed by atoms with Crippen LogP contribution in [-0.2, 0) is 16.0 Å². The average Bonchev–Trinajstić information content (AvgIpc) is 3.44. The fourth-order valence-electron chi connectivity index (χ4n) is 4.06. The minimum atomic E-state index is -0.222. The van der Waals surface area contributed by atoms with E-state index in [9.17, 15) is 9.59 Å². The number of amides is 2. The first kappa shape index (κ1) is 21.1. The van der Waals surface area contributed by atoms with Crippen LogP contribution in [0.25, 0.3) is 11.4 Å². The predicted octanol–water partition coefficient (Wildman–Crippen LogP) is 2.90. The molecular weight excluding hydrogens is 400 g/mol. The van der Waals surface area contributed by atoms with E-state index in [1.54, 1.807) is 7.11 Å². The first-order valence-corrected chi connectivity index (χ1v) is 10.8. The van der Waals surface area contributed by atoms with Gasteiger partial charge in [0.05, 0.1) is 13.7 Å². The van der Waals surface area contributed by atoms with Crippen molar-refractivity contribution in [3.63, 3.8) is 0 Å². The van der Waals surface area contributed by atoms with Gasteiger partial charge in [0.2, 0.25) is 17.6 Å². The molecular formula is C22H28N4O5. The maximum Gasteiger partial charge on any atom is 0.410 e. The van der Waals surface area contributed by atoms with Crippen molar-refractivity contribution >= 4 is 12.0 Å². The Balaban J connectivity index is 1.24. The van der Waals surface area contributed by atoms with E-state index in [0.29, 0.717) is 44.2 Å². The van der Waals surface area contributed by atoms with E-state index in [2.05, 4.69) is 10.1 Å². The summed E-state index contributed by atoms with van der Waals surface area (Å²) in [7, 11) is 1.61. The molecule has 3 heterocycles. The van der Waals surface area contributed by atoms with Gasteiger partial charge in [-0.3, -0.25) is 4.79 Å². The quantitative estimate of drug-likeness (QED) is 0.669. The Labute approximate surface area is 181 Å². The molecule has 9 heteroatoms. The monoisotopic (exact) mass is 428 g/mol. The molecule has 9 nitrogen and oxygen atoms in total. The molecule has 0 spiro atoms. The van der Waals surface area contributed by atoms with Gasteiger partial charge in [0, 0.05) is 37.5 Å². The standard InChI is InChI=1S/C22H28N4O5/c1-3-17-14-26(22(28)30-17)16-10-12-25(13-11-16)20(27)9-8-19-23-21(24-31-19)15-4-6-18(29-2)7-5-15/h4-7,16-17H,3,8-14H2,1-2H3. The van der Waals surface area contributed by atoms with Crippen molar-refractivity contribution in [3.05, 3.63) is 30.2 Å². The molecule has 2 fully saturated rings. The second-order valence-electron chi connectivity index (χ2n) is 7.92. The fraction of sp³-hybridized carbons (Fsp3) is 0.545. The molecule has 1 atom stereocenters. The van der Waals surface area contributed by atoms with Gasteiger partial charge in [-0.2, -0.15) is 4.98 Å². The predicted molar refractivity (Wildman–Crippen MR) is 111 cm³/mol. The molecule has 4 rings (SSSR count). The van der Waals surface area contributed by atoms with Crippen LogP contribution >= 0.6 is 0 Å². The summed E-state index contributed by atoms with van der Waals surface area (Å²) in [5, 5.41) is 4.01. The van der Waals surface area contributed by atoms with Crippen molar-refractivity contribution in [2.45, 2.75) is 51.2 Å². The van der Waals surface area contributed by atoms with Gasteiger partial charge in [0.25, 0.3) is 0 Å². The van der Waals surface area contributed by atoms with E-state index >= 15 is 0 Å². The number of benzene rings is 1. The second-order valence-corrected chi connectivity index (χ2v) is 7.92. The molecule has 0 bridgehead atoms. The smallest absolute Gasteiger partial charge is 0.410 e. The summed E-state index contributed by atoms with van der Waals surface area (Å²) in [6.45, 7) is 3.96. The van der Waals surface area contributed by atoms with Crippen LogP contribution in [-0.4, -0.2) is 70.8 Å². The molecule has 1 unspecified atom stereocenters. The number of hydrogen-bond donors (Lipinski definition) is 0. The highest BCUT2D eigenvalue weighted by atomic mass is 16.6. The molecule has 2 aliphatic heterocycles. The van der Waals surface area contributed by atoms with Crippen LogP contribution in [0.4, 0.5) is 4.79 Å². The third-order valence-corrected chi connectivity index (χ3v) is 5.98. The Morgan fingerprint density at radius 2 is 1.97 bits per heavy atom. The first-order chi connectivity index (χ1) is 15.1. The van der Waals surface area contributed by atoms with E-state index in [0.717, 1.165) is 30.6 Å². The molecule has 0 saturated carbocycles. The van der Waals surface area contributed by atoms with Crippen molar-refractivity contribution in [1.29, 1.82) is 0 Å². The summed E-state index contributed by atoms with van der Waals surface area (Å²) < 4.78 is 15.8. The molecule has 0 radical (unpaired) electrons. The highest BCUT2D eigenvalue weighted by Crippen LogP contribution is 2.24. The maximum absolute atomic E-state index is 12.6. The minimum absolute atomic E-state index is 0.00984. The van der Waals surface area contributed by atoms with Crippen LogP contribution in [0.3, 0.4) is 0 Å². The molecule has 0 aliphatic carbocycles. The van der Waals surface area contributed by atoms with Gasteiger partial charge in [-0.25, -0.2) is 4.79 Å². The van der Waals surface area contributed by atoms with Gasteiger partial charge in [0.15, 0.2) is 0 Å². The molecule has 1 aromatic carbocycles. The molecule has 2 amide bonds. The minimum Gasteiger partial charge on any atom is -0.497 e. The zero-order chi connectivity index (χ0) is 21.8. The van der Waals surface area contributed by atoms with Crippen molar-refractivity contribution in [2.24, 2.45) is 0 Å². The normalized spacial score (nSPS) is 19.5. The number of hydrogen-bond acceptors (Lipinski definition) is 7. The molecule has 2 aliphatic rings.